The van der Waals surface area contributed by atoms with Gasteiger partial charge in [-0.3, -0.25) is 5.32 Å². The molecule has 0 bridgehead atoms. The van der Waals surface area contributed by atoms with E-state index in [2.05, 4.69) is 55.7 Å². The Bertz CT molecular complexity index is 936. The normalized spacial score (nSPS) is 12.2. The number of hydrogen-bond donors (Lipinski definition) is 2. The first kappa shape index (κ1) is 20.1. The fraction of sp³-hybridized carbons (Fsp3) is 0.368. The Morgan fingerprint density at radius 3 is 2.86 bits per heavy atom. The zero-order valence-corrected chi connectivity index (χ0v) is 17.6. The number of nitrogens with zero attached hydrogens (tertiary/aromatic N) is 4. The first-order chi connectivity index (χ1) is 13.5. The Kier molecular flexibility index (Phi) is 6.45. The van der Waals surface area contributed by atoms with Gasteiger partial charge in [0.2, 0.25) is 0 Å². The summed E-state index contributed by atoms with van der Waals surface area (Å²) >= 11 is 3.43. The van der Waals surface area contributed by atoms with Crippen molar-refractivity contribution >= 4 is 27.8 Å². The van der Waals surface area contributed by atoms with E-state index in [4.69, 9.17) is 4.52 Å². The highest BCUT2D eigenvalue weighted by Gasteiger charge is 2.20. The number of anilines is 1. The van der Waals surface area contributed by atoms with Crippen molar-refractivity contribution in [1.82, 2.24) is 25.2 Å². The van der Waals surface area contributed by atoms with E-state index in [1.807, 2.05) is 31.2 Å². The molecule has 148 valence electrons. The predicted octanol–water partition coefficient (Wildman–Crippen LogP) is 4.62. The lowest BCUT2D eigenvalue weighted by Gasteiger charge is -2.15. The maximum Gasteiger partial charge on any atom is 0.320 e. The van der Waals surface area contributed by atoms with Crippen LogP contribution in [0.2, 0.25) is 0 Å². The Labute approximate surface area is 171 Å². The van der Waals surface area contributed by atoms with E-state index in [0.717, 1.165) is 16.6 Å². The van der Waals surface area contributed by atoms with E-state index in [0.29, 0.717) is 29.9 Å². The van der Waals surface area contributed by atoms with Crippen molar-refractivity contribution in [3.63, 3.8) is 0 Å². The van der Waals surface area contributed by atoms with Gasteiger partial charge in [0.15, 0.2) is 5.82 Å². The molecule has 2 heterocycles. The van der Waals surface area contributed by atoms with Crippen molar-refractivity contribution in [3.05, 3.63) is 46.8 Å². The number of carbonyl (C=O) groups excluding carboxylic acids is 1. The van der Waals surface area contributed by atoms with Crippen LogP contribution in [0.25, 0.3) is 11.5 Å². The molecule has 8 nitrogen and oxygen atoms in total. The lowest BCUT2D eigenvalue weighted by Crippen LogP contribution is -2.33. The number of carbonyl (C=O) groups is 1. The minimum absolute atomic E-state index is 0.342. The summed E-state index contributed by atoms with van der Waals surface area (Å²) in [6, 6.07) is 8.66. The molecule has 0 aliphatic rings. The van der Waals surface area contributed by atoms with Crippen LogP contribution < -0.4 is 10.6 Å². The molecule has 1 aromatic carbocycles. The summed E-state index contributed by atoms with van der Waals surface area (Å²) in [7, 11) is 0. The molecule has 3 aromatic rings. The molecule has 0 spiro atoms. The minimum atomic E-state index is -0.369. The van der Waals surface area contributed by atoms with Crippen LogP contribution in [-0.2, 0) is 6.54 Å². The highest BCUT2D eigenvalue weighted by molar-refractivity contribution is 9.10. The Balaban J connectivity index is 1.67. The molecule has 2 aromatic heterocycles. The number of hydrogen-bond acceptors (Lipinski definition) is 5. The van der Waals surface area contributed by atoms with E-state index in [1.54, 1.807) is 16.9 Å². The van der Waals surface area contributed by atoms with Gasteiger partial charge in [0.25, 0.3) is 5.89 Å². The lowest BCUT2D eigenvalue weighted by molar-refractivity contribution is 0.247. The van der Waals surface area contributed by atoms with Gasteiger partial charge in [-0.15, -0.1) is 0 Å². The van der Waals surface area contributed by atoms with Gasteiger partial charge in [-0.05, 0) is 30.5 Å². The second-order valence-corrected chi connectivity index (χ2v) is 7.74. The third-order valence-corrected chi connectivity index (χ3v) is 4.53. The molecule has 0 aliphatic carbocycles. The molecule has 0 aliphatic heterocycles. The number of halogens is 1. The van der Waals surface area contributed by atoms with Crippen molar-refractivity contribution in [2.75, 3.05) is 5.32 Å². The van der Waals surface area contributed by atoms with Crippen LogP contribution in [0.3, 0.4) is 0 Å². The quantitative estimate of drug-likeness (QED) is 0.551. The molecule has 0 saturated heterocycles. The third-order valence-electron chi connectivity index (χ3n) is 4.03. The molecule has 0 unspecified atom stereocenters. The molecule has 28 heavy (non-hydrogen) atoms. The number of nitrogens with one attached hydrogen (secondary N) is 2. The Morgan fingerprint density at radius 1 is 1.32 bits per heavy atom. The number of benzene rings is 1. The fourth-order valence-corrected chi connectivity index (χ4v) is 3.10. The average molecular weight is 447 g/mol. The van der Waals surface area contributed by atoms with Gasteiger partial charge >= 0.3 is 6.03 Å². The summed E-state index contributed by atoms with van der Waals surface area (Å²) in [5.41, 5.74) is 0.810. The largest absolute Gasteiger partial charge is 0.334 e. The van der Waals surface area contributed by atoms with Gasteiger partial charge in [-0.25, -0.2) is 9.48 Å². The second-order valence-electron chi connectivity index (χ2n) is 6.82. The Morgan fingerprint density at radius 2 is 2.14 bits per heavy atom. The van der Waals surface area contributed by atoms with Crippen molar-refractivity contribution in [3.8, 4) is 11.5 Å². The summed E-state index contributed by atoms with van der Waals surface area (Å²) in [5.74, 6) is 1.90. The van der Waals surface area contributed by atoms with E-state index >= 15 is 0 Å². The zero-order chi connectivity index (χ0) is 20.1. The van der Waals surface area contributed by atoms with Crippen molar-refractivity contribution < 1.29 is 9.32 Å². The van der Waals surface area contributed by atoms with Crippen LogP contribution in [0.4, 0.5) is 10.6 Å². The van der Waals surface area contributed by atoms with Gasteiger partial charge in [-0.2, -0.15) is 10.1 Å². The molecule has 9 heteroatoms. The zero-order valence-electron chi connectivity index (χ0n) is 16.0. The molecule has 1 atom stereocenters. The van der Waals surface area contributed by atoms with E-state index in [1.165, 1.54) is 0 Å². The van der Waals surface area contributed by atoms with Crippen molar-refractivity contribution in [1.29, 1.82) is 0 Å². The van der Waals surface area contributed by atoms with Crippen LogP contribution in [0.1, 0.15) is 39.1 Å². The summed E-state index contributed by atoms with van der Waals surface area (Å²) in [5, 5.41) is 14.0. The molecule has 0 fully saturated rings. The lowest BCUT2D eigenvalue weighted by atomic mass is 10.2. The summed E-state index contributed by atoms with van der Waals surface area (Å²) in [4.78, 5) is 16.9. The highest BCUT2D eigenvalue weighted by atomic mass is 79.9. The Hall–Kier alpha value is -2.68. The number of amides is 2. The van der Waals surface area contributed by atoms with Crippen LogP contribution in [0.5, 0.6) is 0 Å². The van der Waals surface area contributed by atoms with Crippen LogP contribution in [0.15, 0.2) is 45.5 Å². The number of aromatic nitrogens is 4. The number of rotatable bonds is 7. The van der Waals surface area contributed by atoms with Gasteiger partial charge in [0.1, 0.15) is 5.82 Å². The van der Waals surface area contributed by atoms with Crippen molar-refractivity contribution in [2.24, 2.45) is 5.92 Å². The molecular weight excluding hydrogens is 424 g/mol. The molecule has 2 amide bonds. The van der Waals surface area contributed by atoms with Gasteiger partial charge in [0.05, 0.1) is 12.2 Å². The van der Waals surface area contributed by atoms with Crippen molar-refractivity contribution in [2.45, 2.75) is 39.8 Å². The molecule has 2 N–H and O–H groups in total. The summed E-state index contributed by atoms with van der Waals surface area (Å²) < 4.78 is 8.06. The maximum absolute atomic E-state index is 12.5. The maximum atomic E-state index is 12.5. The third kappa shape index (κ3) is 4.98. The highest BCUT2D eigenvalue weighted by Crippen LogP contribution is 2.23. The average Bonchev–Trinajstić information content (AvgIpc) is 3.29. The monoisotopic (exact) mass is 446 g/mol. The predicted molar refractivity (Wildman–Crippen MR) is 110 cm³/mol. The summed E-state index contributed by atoms with van der Waals surface area (Å²) in [6.07, 6.45) is 2.29. The molecule has 0 saturated carbocycles. The van der Waals surface area contributed by atoms with E-state index in [9.17, 15) is 4.79 Å². The molecular formula is C19H23BrN6O2. The van der Waals surface area contributed by atoms with Crippen LogP contribution in [-0.4, -0.2) is 26.0 Å². The van der Waals surface area contributed by atoms with Gasteiger partial charge in [0, 0.05) is 22.6 Å². The first-order valence-corrected chi connectivity index (χ1v) is 9.94. The van der Waals surface area contributed by atoms with Crippen LogP contribution >= 0.6 is 15.9 Å². The molecule has 0 radical (unpaired) electrons. The smallest absolute Gasteiger partial charge is 0.320 e. The van der Waals surface area contributed by atoms with Gasteiger partial charge < -0.3 is 9.84 Å². The topological polar surface area (TPSA) is 97.9 Å². The van der Waals surface area contributed by atoms with Gasteiger partial charge in [-0.1, -0.05) is 47.9 Å². The molecule has 3 rings (SSSR count). The fourth-order valence-electron chi connectivity index (χ4n) is 2.71. The summed E-state index contributed by atoms with van der Waals surface area (Å²) in [6.45, 7) is 6.86. The number of urea groups is 1. The van der Waals surface area contributed by atoms with Crippen LogP contribution in [0, 0.1) is 5.92 Å². The first-order valence-electron chi connectivity index (χ1n) is 9.15. The minimum Gasteiger partial charge on any atom is -0.334 e. The second kappa shape index (κ2) is 9.01. The SMILES string of the molecule is CC[C@H](NC(=O)Nc1ccnn1CC(C)C)c1noc(-c2cccc(Br)c2)n1. The van der Waals surface area contributed by atoms with E-state index in [-0.39, 0.29) is 12.1 Å². The van der Waals surface area contributed by atoms with E-state index < -0.39 is 0 Å². The standard InChI is InChI=1S/C19H23BrN6O2/c1-4-15(17-24-18(28-25-17)13-6-5-7-14(20)10-13)22-19(27)23-16-8-9-21-26(16)11-12(2)3/h5-10,12,15H,4,11H2,1-3H3,(H2,22,23,27)/t15-/m0/s1.